The number of rotatable bonds is 3. The van der Waals surface area contributed by atoms with Gasteiger partial charge >= 0.3 is 0 Å². The molecule has 0 saturated carbocycles. The zero-order valence-corrected chi connectivity index (χ0v) is 12.5. The fourth-order valence-electron chi connectivity index (χ4n) is 1.70. The van der Waals surface area contributed by atoms with Gasteiger partial charge in [0.25, 0.3) is 11.6 Å². The molecule has 0 atom stereocenters. The minimum atomic E-state index is -0.664. The molecule has 114 valence electrons. The van der Waals surface area contributed by atoms with Crippen LogP contribution in [0.3, 0.4) is 0 Å². The number of nitrogens with two attached hydrogens (primary N) is 2. The second kappa shape index (κ2) is 6.08. The lowest BCUT2D eigenvalue weighted by atomic mass is 10.1. The lowest BCUT2D eigenvalue weighted by Gasteiger charge is -2.09. The van der Waals surface area contributed by atoms with Crippen LogP contribution in [0.4, 0.5) is 22.7 Å². The van der Waals surface area contributed by atoms with Crippen molar-refractivity contribution in [3.8, 4) is 0 Å². The fourth-order valence-corrected chi connectivity index (χ4v) is 2.19. The number of hydrogen-bond donors (Lipinski definition) is 3. The second-order valence-electron chi connectivity index (χ2n) is 4.34. The topological polar surface area (TPSA) is 124 Å². The van der Waals surface area contributed by atoms with Crippen molar-refractivity contribution in [1.29, 1.82) is 0 Å². The number of benzene rings is 2. The van der Waals surface area contributed by atoms with Gasteiger partial charge in [0.1, 0.15) is 5.69 Å². The first kappa shape index (κ1) is 15.9. The van der Waals surface area contributed by atoms with Crippen LogP contribution in [0.1, 0.15) is 10.4 Å². The summed E-state index contributed by atoms with van der Waals surface area (Å²) in [5, 5.41) is 13.7. The molecule has 0 aromatic heterocycles. The summed E-state index contributed by atoms with van der Waals surface area (Å²) in [4.78, 5) is 22.3. The molecule has 0 aliphatic rings. The summed E-state index contributed by atoms with van der Waals surface area (Å²) >= 11 is 11.7. The number of anilines is 3. The van der Waals surface area contributed by atoms with E-state index in [1.54, 1.807) is 0 Å². The molecule has 2 rings (SSSR count). The highest BCUT2D eigenvalue weighted by atomic mass is 35.5. The van der Waals surface area contributed by atoms with Gasteiger partial charge in [0.15, 0.2) is 0 Å². The average molecular weight is 341 g/mol. The lowest BCUT2D eigenvalue weighted by Crippen LogP contribution is -2.12. The summed E-state index contributed by atoms with van der Waals surface area (Å²) in [5.74, 6) is -0.569. The number of nitrogens with zero attached hydrogens (tertiary/aromatic N) is 1. The summed E-state index contributed by atoms with van der Waals surface area (Å²) in [6.07, 6.45) is 0. The number of halogens is 2. The molecule has 2 aromatic rings. The van der Waals surface area contributed by atoms with Crippen LogP contribution in [0.15, 0.2) is 30.3 Å². The molecule has 0 radical (unpaired) electrons. The molecule has 0 bridgehead atoms. The van der Waals surface area contributed by atoms with Crippen molar-refractivity contribution in [2.75, 3.05) is 16.8 Å². The molecular formula is C13H10Cl2N4O3. The van der Waals surface area contributed by atoms with E-state index in [2.05, 4.69) is 5.32 Å². The highest BCUT2D eigenvalue weighted by molar-refractivity contribution is 6.39. The Hall–Kier alpha value is -2.51. The van der Waals surface area contributed by atoms with Crippen LogP contribution in [0.5, 0.6) is 0 Å². The summed E-state index contributed by atoms with van der Waals surface area (Å²) in [6.45, 7) is 0. The van der Waals surface area contributed by atoms with E-state index in [9.17, 15) is 14.9 Å². The summed E-state index contributed by atoms with van der Waals surface area (Å²) in [7, 11) is 0. The fraction of sp³-hybridized carbons (Fsp3) is 0. The number of carbonyl (C=O) groups excluding carboxylic acids is 1. The molecule has 0 heterocycles. The van der Waals surface area contributed by atoms with E-state index in [-0.39, 0.29) is 32.7 Å². The van der Waals surface area contributed by atoms with Gasteiger partial charge in [-0.3, -0.25) is 14.9 Å². The molecule has 1 amide bonds. The van der Waals surface area contributed by atoms with Crippen LogP contribution in [0.2, 0.25) is 10.0 Å². The first-order valence-electron chi connectivity index (χ1n) is 5.89. The van der Waals surface area contributed by atoms with E-state index in [4.69, 9.17) is 34.7 Å². The van der Waals surface area contributed by atoms with Crippen molar-refractivity contribution < 1.29 is 9.72 Å². The molecule has 2 aromatic carbocycles. The van der Waals surface area contributed by atoms with Gasteiger partial charge < -0.3 is 16.8 Å². The maximum atomic E-state index is 12.1. The molecule has 7 nitrogen and oxygen atoms in total. The van der Waals surface area contributed by atoms with Gasteiger partial charge in [-0.25, -0.2) is 0 Å². The highest BCUT2D eigenvalue weighted by Gasteiger charge is 2.16. The molecule has 0 aliphatic carbocycles. The summed E-state index contributed by atoms with van der Waals surface area (Å²) in [6, 6.07) is 6.60. The van der Waals surface area contributed by atoms with Crippen molar-refractivity contribution in [1.82, 2.24) is 0 Å². The van der Waals surface area contributed by atoms with E-state index >= 15 is 0 Å². The van der Waals surface area contributed by atoms with Crippen LogP contribution in [-0.2, 0) is 0 Å². The third kappa shape index (κ3) is 3.21. The zero-order valence-electron chi connectivity index (χ0n) is 11.0. The van der Waals surface area contributed by atoms with Gasteiger partial charge in [-0.1, -0.05) is 23.2 Å². The molecule has 0 aliphatic heterocycles. The Morgan fingerprint density at radius 3 is 2.27 bits per heavy atom. The third-order valence-electron chi connectivity index (χ3n) is 2.83. The van der Waals surface area contributed by atoms with Gasteiger partial charge in [0, 0.05) is 17.3 Å². The Balaban J connectivity index is 2.30. The Morgan fingerprint density at radius 2 is 1.73 bits per heavy atom. The minimum Gasteiger partial charge on any atom is -0.396 e. The monoisotopic (exact) mass is 340 g/mol. The second-order valence-corrected chi connectivity index (χ2v) is 5.15. The molecule has 0 fully saturated rings. The van der Waals surface area contributed by atoms with E-state index < -0.39 is 10.8 Å². The first-order valence-corrected chi connectivity index (χ1v) is 6.65. The smallest absolute Gasteiger partial charge is 0.292 e. The zero-order chi connectivity index (χ0) is 16.4. The van der Waals surface area contributed by atoms with Crippen LogP contribution in [0, 0.1) is 10.1 Å². The van der Waals surface area contributed by atoms with Crippen molar-refractivity contribution in [3.63, 3.8) is 0 Å². The number of nitrogens with one attached hydrogen (secondary N) is 1. The standard InChI is InChI=1S/C13H10Cl2N4O3/c14-8-4-7(5-9(15)12(8)17)18-13(20)6-1-2-10(16)11(3-6)19(21)22/h1-5H,16-17H2,(H,18,20). The Morgan fingerprint density at radius 1 is 1.14 bits per heavy atom. The van der Waals surface area contributed by atoms with Crippen LogP contribution >= 0.6 is 23.2 Å². The van der Waals surface area contributed by atoms with Gasteiger partial charge in [-0.15, -0.1) is 0 Å². The lowest BCUT2D eigenvalue weighted by molar-refractivity contribution is -0.383. The predicted octanol–water partition coefficient (Wildman–Crippen LogP) is 3.32. The largest absolute Gasteiger partial charge is 0.396 e. The molecule has 0 saturated heterocycles. The Labute approximate surface area is 135 Å². The number of nitro groups is 1. The summed E-state index contributed by atoms with van der Waals surface area (Å²) < 4.78 is 0. The first-order chi connectivity index (χ1) is 10.3. The molecule has 5 N–H and O–H groups in total. The van der Waals surface area contributed by atoms with Crippen LogP contribution in [0.25, 0.3) is 0 Å². The van der Waals surface area contributed by atoms with Gasteiger partial charge in [0.2, 0.25) is 0 Å². The quantitative estimate of drug-likeness (QED) is 0.449. The number of carbonyl (C=O) groups is 1. The Bertz CT molecular complexity index is 757. The third-order valence-corrected chi connectivity index (χ3v) is 3.45. The van der Waals surface area contributed by atoms with Crippen molar-refractivity contribution >= 4 is 51.9 Å². The SMILES string of the molecule is Nc1ccc(C(=O)Nc2cc(Cl)c(N)c(Cl)c2)cc1[N+](=O)[O-]. The molecule has 0 unspecified atom stereocenters. The molecular weight excluding hydrogens is 331 g/mol. The Kier molecular flexibility index (Phi) is 4.39. The van der Waals surface area contributed by atoms with Crippen molar-refractivity contribution in [3.05, 3.63) is 56.1 Å². The van der Waals surface area contributed by atoms with Crippen molar-refractivity contribution in [2.45, 2.75) is 0 Å². The number of nitrogen functional groups attached to an aromatic ring is 2. The highest BCUT2D eigenvalue weighted by Crippen LogP contribution is 2.31. The van der Waals surface area contributed by atoms with Crippen LogP contribution < -0.4 is 16.8 Å². The van der Waals surface area contributed by atoms with Gasteiger partial charge in [0.05, 0.1) is 20.7 Å². The average Bonchev–Trinajstić information content (AvgIpc) is 2.44. The number of amides is 1. The van der Waals surface area contributed by atoms with Crippen LogP contribution in [-0.4, -0.2) is 10.8 Å². The normalized spacial score (nSPS) is 10.3. The maximum Gasteiger partial charge on any atom is 0.292 e. The summed E-state index contributed by atoms with van der Waals surface area (Å²) in [5.41, 5.74) is 11.3. The van der Waals surface area contributed by atoms with Gasteiger partial charge in [-0.2, -0.15) is 0 Å². The predicted molar refractivity (Wildman–Crippen MR) is 86.3 cm³/mol. The number of nitro benzene ring substituents is 1. The van der Waals surface area contributed by atoms with Gasteiger partial charge in [-0.05, 0) is 24.3 Å². The van der Waals surface area contributed by atoms with E-state index in [0.717, 1.165) is 6.07 Å². The maximum absolute atomic E-state index is 12.1. The van der Waals surface area contributed by atoms with E-state index in [1.165, 1.54) is 24.3 Å². The molecule has 22 heavy (non-hydrogen) atoms. The molecule has 9 heteroatoms. The molecule has 0 spiro atoms. The van der Waals surface area contributed by atoms with Crippen molar-refractivity contribution in [2.24, 2.45) is 0 Å². The number of hydrogen-bond acceptors (Lipinski definition) is 5. The van der Waals surface area contributed by atoms with E-state index in [1.807, 2.05) is 0 Å². The minimum absolute atomic E-state index is 0.0277. The van der Waals surface area contributed by atoms with E-state index in [0.29, 0.717) is 5.69 Å².